The van der Waals surface area contributed by atoms with Crippen LogP contribution in [0.3, 0.4) is 0 Å². The molecule has 0 fully saturated rings. The van der Waals surface area contributed by atoms with Crippen LogP contribution in [0.4, 0.5) is 0 Å². The molecule has 25 heavy (non-hydrogen) atoms. The standard InChI is InChI=1S/C19H19NO4S/c1-3-15(21)16-17(12-6-4-7-13(10-12)24-2)20(19(23)18(16)22)11-14-8-5-9-25-14/h4-10,17,22H,3,11H2,1-2H3. The van der Waals surface area contributed by atoms with Gasteiger partial charge in [0, 0.05) is 11.3 Å². The van der Waals surface area contributed by atoms with Crippen molar-refractivity contribution in [1.29, 1.82) is 0 Å². The Kier molecular flexibility index (Phi) is 4.90. The average Bonchev–Trinajstić information content (AvgIpc) is 3.23. The smallest absolute Gasteiger partial charge is 0.290 e. The first-order valence-corrected chi connectivity index (χ1v) is 8.88. The molecule has 1 unspecified atom stereocenters. The molecule has 2 aromatic rings. The summed E-state index contributed by atoms with van der Waals surface area (Å²) in [5.74, 6) is -0.558. The number of benzene rings is 1. The molecule has 2 heterocycles. The normalized spacial score (nSPS) is 17.3. The summed E-state index contributed by atoms with van der Waals surface area (Å²) in [6.45, 7) is 2.06. The molecule has 1 aromatic carbocycles. The van der Waals surface area contributed by atoms with Crippen molar-refractivity contribution in [3.8, 4) is 5.75 Å². The maximum atomic E-state index is 12.6. The van der Waals surface area contributed by atoms with Crippen LogP contribution in [0, 0.1) is 0 Å². The Labute approximate surface area is 150 Å². The molecule has 1 N–H and O–H groups in total. The van der Waals surface area contributed by atoms with Crippen LogP contribution in [0.5, 0.6) is 5.75 Å². The lowest BCUT2D eigenvalue weighted by atomic mass is 9.95. The second-order valence-electron chi connectivity index (χ2n) is 5.73. The lowest BCUT2D eigenvalue weighted by Gasteiger charge is -2.26. The number of thiophene rings is 1. The van der Waals surface area contributed by atoms with Gasteiger partial charge in [-0.2, -0.15) is 0 Å². The number of methoxy groups -OCH3 is 1. The number of aliphatic hydroxyl groups excluding tert-OH is 1. The molecule has 0 radical (unpaired) electrons. The molecule has 0 saturated heterocycles. The van der Waals surface area contributed by atoms with Crippen molar-refractivity contribution >= 4 is 23.0 Å². The highest BCUT2D eigenvalue weighted by atomic mass is 32.1. The van der Waals surface area contributed by atoms with Gasteiger partial charge in [0.1, 0.15) is 5.75 Å². The minimum atomic E-state index is -0.614. The Balaban J connectivity index is 2.07. The maximum Gasteiger partial charge on any atom is 0.290 e. The summed E-state index contributed by atoms with van der Waals surface area (Å²) in [5.41, 5.74) is 0.905. The van der Waals surface area contributed by atoms with Gasteiger partial charge in [0.05, 0.1) is 25.3 Å². The summed E-state index contributed by atoms with van der Waals surface area (Å²) in [7, 11) is 1.56. The molecule has 6 heteroatoms. The summed E-state index contributed by atoms with van der Waals surface area (Å²) < 4.78 is 5.27. The minimum Gasteiger partial charge on any atom is -0.503 e. The first-order chi connectivity index (χ1) is 12.1. The molecule has 1 atom stereocenters. The fourth-order valence-corrected chi connectivity index (χ4v) is 3.72. The van der Waals surface area contributed by atoms with E-state index in [1.165, 1.54) is 11.3 Å². The zero-order valence-corrected chi connectivity index (χ0v) is 14.9. The molecule has 0 aliphatic carbocycles. The van der Waals surface area contributed by atoms with Crippen LogP contribution in [-0.2, 0) is 16.1 Å². The Hall–Kier alpha value is -2.60. The molecular weight excluding hydrogens is 338 g/mol. The molecule has 1 aliphatic heterocycles. The minimum absolute atomic E-state index is 0.164. The van der Waals surface area contributed by atoms with E-state index in [0.717, 1.165) is 10.4 Å². The number of Topliss-reactive ketones (excluding diaryl/α,β-unsaturated/α-hetero) is 1. The SMILES string of the molecule is CCC(=O)C1=C(O)C(=O)N(Cc2cccs2)C1c1cccc(OC)c1. The molecule has 0 bridgehead atoms. The number of hydrogen-bond acceptors (Lipinski definition) is 5. The Morgan fingerprint density at radius 2 is 2.12 bits per heavy atom. The summed E-state index contributed by atoms with van der Waals surface area (Å²) >= 11 is 1.53. The van der Waals surface area contributed by atoms with Crippen molar-refractivity contribution in [3.05, 3.63) is 63.6 Å². The second-order valence-corrected chi connectivity index (χ2v) is 6.76. The summed E-state index contributed by atoms with van der Waals surface area (Å²) in [6, 6.07) is 10.5. The number of amides is 1. The van der Waals surface area contributed by atoms with Crippen LogP contribution in [0.2, 0.25) is 0 Å². The Morgan fingerprint density at radius 1 is 1.32 bits per heavy atom. The molecular formula is C19H19NO4S. The number of carbonyl (C=O) groups is 2. The van der Waals surface area contributed by atoms with Gasteiger partial charge in [-0.15, -0.1) is 11.3 Å². The lowest BCUT2D eigenvalue weighted by Crippen LogP contribution is -2.30. The highest BCUT2D eigenvalue weighted by Gasteiger charge is 2.43. The summed E-state index contributed by atoms with van der Waals surface area (Å²) in [6.07, 6.45) is 0.222. The fourth-order valence-electron chi connectivity index (χ4n) is 3.02. The largest absolute Gasteiger partial charge is 0.503 e. The van der Waals surface area contributed by atoms with E-state index in [1.54, 1.807) is 31.1 Å². The maximum absolute atomic E-state index is 12.6. The highest BCUT2D eigenvalue weighted by molar-refractivity contribution is 7.09. The van der Waals surface area contributed by atoms with E-state index >= 15 is 0 Å². The van der Waals surface area contributed by atoms with Crippen molar-refractivity contribution < 1.29 is 19.4 Å². The molecule has 130 valence electrons. The first kappa shape index (κ1) is 17.2. The summed E-state index contributed by atoms with van der Waals surface area (Å²) in [4.78, 5) is 27.6. The van der Waals surface area contributed by atoms with Crippen LogP contribution in [0.1, 0.15) is 29.8 Å². The van der Waals surface area contributed by atoms with Crippen molar-refractivity contribution in [1.82, 2.24) is 4.90 Å². The van der Waals surface area contributed by atoms with Gasteiger partial charge >= 0.3 is 0 Å². The number of carbonyl (C=O) groups excluding carboxylic acids is 2. The number of aliphatic hydroxyl groups is 1. The number of hydrogen-bond donors (Lipinski definition) is 1. The highest BCUT2D eigenvalue weighted by Crippen LogP contribution is 2.40. The van der Waals surface area contributed by atoms with Crippen LogP contribution in [-0.4, -0.2) is 28.8 Å². The van der Waals surface area contributed by atoms with Crippen LogP contribution >= 0.6 is 11.3 Å². The average molecular weight is 357 g/mol. The van der Waals surface area contributed by atoms with Gasteiger partial charge in [0.25, 0.3) is 5.91 Å². The third kappa shape index (κ3) is 3.17. The van der Waals surface area contributed by atoms with Gasteiger partial charge in [-0.3, -0.25) is 9.59 Å². The second kappa shape index (κ2) is 7.11. The number of nitrogens with zero attached hydrogens (tertiary/aromatic N) is 1. The van der Waals surface area contributed by atoms with E-state index in [0.29, 0.717) is 12.3 Å². The molecule has 1 aliphatic rings. The van der Waals surface area contributed by atoms with E-state index in [2.05, 4.69) is 0 Å². The molecule has 5 nitrogen and oxygen atoms in total. The van der Waals surface area contributed by atoms with Gasteiger partial charge in [0.2, 0.25) is 0 Å². The van der Waals surface area contributed by atoms with Gasteiger partial charge < -0.3 is 14.7 Å². The topological polar surface area (TPSA) is 66.8 Å². The van der Waals surface area contributed by atoms with Gasteiger partial charge in [-0.1, -0.05) is 25.1 Å². The Morgan fingerprint density at radius 3 is 2.76 bits per heavy atom. The monoisotopic (exact) mass is 357 g/mol. The Bertz CT molecular complexity index is 826. The van der Waals surface area contributed by atoms with Crippen molar-refractivity contribution in [2.45, 2.75) is 25.9 Å². The third-order valence-electron chi connectivity index (χ3n) is 4.24. The predicted octanol–water partition coefficient (Wildman–Crippen LogP) is 3.63. The third-order valence-corrected chi connectivity index (χ3v) is 5.10. The van der Waals surface area contributed by atoms with Crippen LogP contribution in [0.25, 0.3) is 0 Å². The molecule has 0 spiro atoms. The fraction of sp³-hybridized carbons (Fsp3) is 0.263. The molecule has 1 aromatic heterocycles. The van der Waals surface area contributed by atoms with E-state index in [1.807, 2.05) is 29.6 Å². The summed E-state index contributed by atoms with van der Waals surface area (Å²) in [5, 5.41) is 12.3. The number of ketones is 1. The van der Waals surface area contributed by atoms with Crippen LogP contribution < -0.4 is 4.74 Å². The van der Waals surface area contributed by atoms with E-state index in [9.17, 15) is 14.7 Å². The number of rotatable bonds is 6. The first-order valence-electron chi connectivity index (χ1n) is 8.00. The zero-order chi connectivity index (χ0) is 18.0. The van der Waals surface area contributed by atoms with E-state index in [4.69, 9.17) is 4.74 Å². The van der Waals surface area contributed by atoms with Crippen molar-refractivity contribution in [3.63, 3.8) is 0 Å². The van der Waals surface area contributed by atoms with Crippen molar-refractivity contribution in [2.75, 3.05) is 7.11 Å². The number of ether oxygens (including phenoxy) is 1. The van der Waals surface area contributed by atoms with E-state index in [-0.39, 0.29) is 17.8 Å². The lowest BCUT2D eigenvalue weighted by molar-refractivity contribution is -0.130. The van der Waals surface area contributed by atoms with Gasteiger partial charge in [-0.25, -0.2) is 0 Å². The van der Waals surface area contributed by atoms with Crippen molar-refractivity contribution in [2.24, 2.45) is 0 Å². The quantitative estimate of drug-likeness (QED) is 0.857. The van der Waals surface area contributed by atoms with E-state index < -0.39 is 17.7 Å². The van der Waals surface area contributed by atoms with Gasteiger partial charge in [0.15, 0.2) is 11.5 Å². The zero-order valence-electron chi connectivity index (χ0n) is 14.1. The molecule has 3 rings (SSSR count). The van der Waals surface area contributed by atoms with Crippen LogP contribution in [0.15, 0.2) is 53.1 Å². The van der Waals surface area contributed by atoms with Gasteiger partial charge in [-0.05, 0) is 29.1 Å². The molecule has 0 saturated carbocycles. The molecule has 1 amide bonds. The predicted molar refractivity (Wildman–Crippen MR) is 95.6 cm³/mol.